The van der Waals surface area contributed by atoms with E-state index >= 15 is 0 Å². The molecule has 0 aliphatic rings. The van der Waals surface area contributed by atoms with Gasteiger partial charge in [-0.2, -0.15) is 4.98 Å². The molecule has 94 valence electrons. The molecule has 1 aromatic heterocycles. The van der Waals surface area contributed by atoms with Crippen LogP contribution in [0.5, 0.6) is 0 Å². The van der Waals surface area contributed by atoms with Crippen molar-refractivity contribution in [3.63, 3.8) is 0 Å². The zero-order chi connectivity index (χ0) is 12.8. The minimum Gasteiger partial charge on any atom is -0.370 e. The zero-order valence-electron chi connectivity index (χ0n) is 10.3. The number of rotatable bonds is 5. The number of hydrogen-bond donors (Lipinski definition) is 2. The summed E-state index contributed by atoms with van der Waals surface area (Å²) in [7, 11) is 0. The second kappa shape index (κ2) is 6.26. The Morgan fingerprint density at radius 2 is 2.00 bits per heavy atom. The topological polar surface area (TPSA) is 63.8 Å². The number of nitrogens with two attached hydrogens (primary N) is 1. The Kier molecular flexibility index (Phi) is 4.41. The zero-order valence-corrected chi connectivity index (χ0v) is 11.1. The number of benzene rings is 1. The van der Waals surface area contributed by atoms with Crippen LogP contribution in [0.15, 0.2) is 41.4 Å². The van der Waals surface area contributed by atoms with Gasteiger partial charge in [-0.3, -0.25) is 0 Å². The molecular weight excluding hydrogens is 244 g/mol. The molecule has 2 aromatic rings. The molecule has 0 fully saturated rings. The number of hydrogen-bond acceptors (Lipinski definition) is 5. The first-order valence-corrected chi connectivity index (χ1v) is 6.81. The fourth-order valence-electron chi connectivity index (χ4n) is 1.52. The summed E-state index contributed by atoms with van der Waals surface area (Å²) in [6.07, 6.45) is 0. The second-order valence-electron chi connectivity index (χ2n) is 3.75. The first-order chi connectivity index (χ1) is 8.78. The highest BCUT2D eigenvalue weighted by atomic mass is 32.2. The van der Waals surface area contributed by atoms with E-state index in [1.165, 1.54) is 5.56 Å². The first-order valence-electron chi connectivity index (χ1n) is 5.83. The van der Waals surface area contributed by atoms with Gasteiger partial charge in [0.15, 0.2) is 0 Å². The molecule has 0 amide bonds. The fourth-order valence-corrected chi connectivity index (χ4v) is 2.38. The molecule has 3 N–H and O–H groups in total. The van der Waals surface area contributed by atoms with E-state index in [0.717, 1.165) is 23.1 Å². The molecular formula is C13H16N4S. The van der Waals surface area contributed by atoms with E-state index in [-0.39, 0.29) is 0 Å². The average molecular weight is 260 g/mol. The van der Waals surface area contributed by atoms with Crippen molar-refractivity contribution in [2.75, 3.05) is 17.6 Å². The standard InChI is InChI=1S/C13H16N4S/c1-2-15-11-8-12(17-13(14)16-11)18-9-10-6-4-3-5-7-10/h3-8H,2,9H2,1H3,(H3,14,15,16,17). The van der Waals surface area contributed by atoms with Gasteiger partial charge < -0.3 is 11.1 Å². The van der Waals surface area contributed by atoms with Crippen molar-refractivity contribution in [1.29, 1.82) is 0 Å². The van der Waals surface area contributed by atoms with Crippen LogP contribution in [0.4, 0.5) is 11.8 Å². The molecule has 0 atom stereocenters. The van der Waals surface area contributed by atoms with Gasteiger partial charge in [-0.05, 0) is 12.5 Å². The van der Waals surface area contributed by atoms with Crippen LogP contribution in [0, 0.1) is 0 Å². The fraction of sp³-hybridized carbons (Fsp3) is 0.231. The third-order valence-corrected chi connectivity index (χ3v) is 3.29. The number of nitrogen functional groups attached to an aromatic ring is 1. The van der Waals surface area contributed by atoms with Crippen LogP contribution < -0.4 is 11.1 Å². The van der Waals surface area contributed by atoms with Crippen LogP contribution in [0.2, 0.25) is 0 Å². The second-order valence-corrected chi connectivity index (χ2v) is 4.75. The molecule has 0 saturated carbocycles. The third kappa shape index (κ3) is 3.63. The summed E-state index contributed by atoms with van der Waals surface area (Å²) in [6.45, 7) is 2.84. The van der Waals surface area contributed by atoms with Crippen molar-refractivity contribution in [1.82, 2.24) is 9.97 Å². The molecule has 0 saturated heterocycles. The molecule has 18 heavy (non-hydrogen) atoms. The third-order valence-electron chi connectivity index (χ3n) is 2.31. The summed E-state index contributed by atoms with van der Waals surface area (Å²) in [5.74, 6) is 1.97. The minimum absolute atomic E-state index is 0.309. The van der Waals surface area contributed by atoms with Crippen LogP contribution in [-0.2, 0) is 5.75 Å². The van der Waals surface area contributed by atoms with E-state index in [9.17, 15) is 0 Å². The van der Waals surface area contributed by atoms with Gasteiger partial charge >= 0.3 is 0 Å². The molecule has 2 rings (SSSR count). The van der Waals surface area contributed by atoms with Gasteiger partial charge in [0.25, 0.3) is 0 Å². The lowest BCUT2D eigenvalue weighted by atomic mass is 10.2. The van der Waals surface area contributed by atoms with Crippen molar-refractivity contribution < 1.29 is 0 Å². The van der Waals surface area contributed by atoms with Gasteiger partial charge in [0.2, 0.25) is 5.95 Å². The summed E-state index contributed by atoms with van der Waals surface area (Å²) < 4.78 is 0. The Hall–Kier alpha value is -1.75. The largest absolute Gasteiger partial charge is 0.370 e. The molecule has 4 nitrogen and oxygen atoms in total. The van der Waals surface area contributed by atoms with Crippen LogP contribution >= 0.6 is 11.8 Å². The van der Waals surface area contributed by atoms with E-state index < -0.39 is 0 Å². The van der Waals surface area contributed by atoms with E-state index in [4.69, 9.17) is 5.73 Å². The monoisotopic (exact) mass is 260 g/mol. The predicted octanol–water partition coefficient (Wildman–Crippen LogP) is 2.78. The molecule has 0 radical (unpaired) electrons. The quantitative estimate of drug-likeness (QED) is 0.639. The molecule has 1 aromatic carbocycles. The van der Waals surface area contributed by atoms with Gasteiger partial charge in [0.1, 0.15) is 10.8 Å². The van der Waals surface area contributed by atoms with Crippen LogP contribution in [0.1, 0.15) is 12.5 Å². The molecule has 0 spiro atoms. The SMILES string of the molecule is CCNc1cc(SCc2ccccc2)nc(N)n1. The average Bonchev–Trinajstić information content (AvgIpc) is 2.37. The van der Waals surface area contributed by atoms with Crippen LogP contribution in [-0.4, -0.2) is 16.5 Å². The Morgan fingerprint density at radius 3 is 2.72 bits per heavy atom. The lowest BCUT2D eigenvalue weighted by molar-refractivity contribution is 1.04. The van der Waals surface area contributed by atoms with Gasteiger partial charge in [0.05, 0.1) is 0 Å². The molecule has 0 bridgehead atoms. The van der Waals surface area contributed by atoms with E-state index in [1.807, 2.05) is 31.2 Å². The van der Waals surface area contributed by atoms with Gasteiger partial charge in [-0.25, -0.2) is 4.98 Å². The summed E-state index contributed by atoms with van der Waals surface area (Å²) in [5, 5.41) is 4.03. The maximum absolute atomic E-state index is 5.68. The Balaban J connectivity index is 2.05. The maximum Gasteiger partial charge on any atom is 0.223 e. The van der Waals surface area contributed by atoms with Crippen LogP contribution in [0.25, 0.3) is 0 Å². The highest BCUT2D eigenvalue weighted by molar-refractivity contribution is 7.98. The summed E-state index contributed by atoms with van der Waals surface area (Å²) in [5.41, 5.74) is 6.95. The van der Waals surface area contributed by atoms with Crippen molar-refractivity contribution in [2.24, 2.45) is 0 Å². The summed E-state index contributed by atoms with van der Waals surface area (Å²) >= 11 is 1.66. The van der Waals surface area contributed by atoms with Crippen molar-refractivity contribution in [3.05, 3.63) is 42.0 Å². The van der Waals surface area contributed by atoms with E-state index in [1.54, 1.807) is 11.8 Å². The van der Waals surface area contributed by atoms with Crippen molar-refractivity contribution in [3.8, 4) is 0 Å². The summed E-state index contributed by atoms with van der Waals surface area (Å²) in [4.78, 5) is 8.34. The Morgan fingerprint density at radius 1 is 1.22 bits per heavy atom. The van der Waals surface area contributed by atoms with Crippen molar-refractivity contribution >= 4 is 23.5 Å². The Labute approximate surface area is 111 Å². The predicted molar refractivity (Wildman–Crippen MR) is 76.6 cm³/mol. The van der Waals surface area contributed by atoms with E-state index in [0.29, 0.717) is 5.95 Å². The number of nitrogens with one attached hydrogen (secondary N) is 1. The first kappa shape index (κ1) is 12.7. The molecule has 1 heterocycles. The van der Waals surface area contributed by atoms with E-state index in [2.05, 4.69) is 27.4 Å². The molecule has 0 unspecified atom stereocenters. The highest BCUT2D eigenvalue weighted by Crippen LogP contribution is 2.23. The lowest BCUT2D eigenvalue weighted by Gasteiger charge is -2.06. The highest BCUT2D eigenvalue weighted by Gasteiger charge is 2.03. The lowest BCUT2D eigenvalue weighted by Crippen LogP contribution is -2.03. The maximum atomic E-state index is 5.68. The number of thioether (sulfide) groups is 1. The normalized spacial score (nSPS) is 10.3. The number of nitrogens with zero attached hydrogens (tertiary/aromatic N) is 2. The molecule has 5 heteroatoms. The molecule has 0 aliphatic carbocycles. The van der Waals surface area contributed by atoms with Gasteiger partial charge in [-0.1, -0.05) is 30.3 Å². The van der Waals surface area contributed by atoms with Crippen LogP contribution in [0.3, 0.4) is 0 Å². The molecule has 0 aliphatic heterocycles. The minimum atomic E-state index is 0.309. The smallest absolute Gasteiger partial charge is 0.223 e. The van der Waals surface area contributed by atoms with Crippen molar-refractivity contribution in [2.45, 2.75) is 17.7 Å². The van der Waals surface area contributed by atoms with Gasteiger partial charge in [0, 0.05) is 18.4 Å². The summed E-state index contributed by atoms with van der Waals surface area (Å²) in [6, 6.07) is 12.2. The number of anilines is 2. The number of aromatic nitrogens is 2. The van der Waals surface area contributed by atoms with Gasteiger partial charge in [-0.15, -0.1) is 11.8 Å². The Bertz CT molecular complexity index is 502.